The lowest BCUT2D eigenvalue weighted by molar-refractivity contribution is 0.102. The maximum Gasteiger partial charge on any atom is 0.257 e. The molecular formula is C20H21FN4O2. The number of halogens is 1. The quantitative estimate of drug-likeness (QED) is 0.771. The van der Waals surface area contributed by atoms with Gasteiger partial charge in [0, 0.05) is 36.4 Å². The molecule has 2 aromatic heterocycles. The first kappa shape index (κ1) is 18.6. The Kier molecular flexibility index (Phi) is 4.70. The number of pyridine rings is 1. The molecule has 1 N–H and O–H groups in total. The van der Waals surface area contributed by atoms with Crippen LogP contribution < -0.4 is 10.9 Å². The molecule has 0 aliphatic heterocycles. The van der Waals surface area contributed by atoms with Gasteiger partial charge in [-0.3, -0.25) is 9.59 Å². The van der Waals surface area contributed by atoms with E-state index in [0.717, 1.165) is 5.69 Å². The Morgan fingerprint density at radius 2 is 1.78 bits per heavy atom. The minimum Gasteiger partial charge on any atom is -0.319 e. The fraction of sp³-hybridized carbons (Fsp3) is 0.250. The van der Waals surface area contributed by atoms with Gasteiger partial charge in [-0.15, -0.1) is 0 Å². The molecule has 7 heteroatoms. The smallest absolute Gasteiger partial charge is 0.257 e. The molecule has 0 atom stereocenters. The first-order valence-electron chi connectivity index (χ1n) is 8.50. The van der Waals surface area contributed by atoms with Crippen LogP contribution in [0.2, 0.25) is 0 Å². The van der Waals surface area contributed by atoms with Crippen LogP contribution in [0.5, 0.6) is 0 Å². The number of carbonyl (C=O) groups excluding carboxylic acids is 1. The van der Waals surface area contributed by atoms with E-state index in [9.17, 15) is 14.0 Å². The number of aromatic nitrogens is 3. The summed E-state index contributed by atoms with van der Waals surface area (Å²) in [4.78, 5) is 24.4. The van der Waals surface area contributed by atoms with Crippen molar-refractivity contribution in [2.45, 2.75) is 26.2 Å². The zero-order chi connectivity index (χ0) is 19.8. The summed E-state index contributed by atoms with van der Waals surface area (Å²) in [6.45, 7) is 6.03. The number of amides is 1. The van der Waals surface area contributed by atoms with Gasteiger partial charge in [0.1, 0.15) is 11.6 Å². The highest BCUT2D eigenvalue weighted by molar-refractivity contribution is 6.03. The third-order valence-corrected chi connectivity index (χ3v) is 4.16. The molecule has 0 spiro atoms. The molecule has 0 fully saturated rings. The molecule has 0 saturated carbocycles. The van der Waals surface area contributed by atoms with Crippen LogP contribution in [0, 0.1) is 5.82 Å². The minimum atomic E-state index is -0.420. The Balaban J connectivity index is 2.01. The summed E-state index contributed by atoms with van der Waals surface area (Å²) in [7, 11) is 1.61. The van der Waals surface area contributed by atoms with Gasteiger partial charge in [-0.05, 0) is 30.3 Å². The van der Waals surface area contributed by atoms with E-state index in [0.29, 0.717) is 11.5 Å². The summed E-state index contributed by atoms with van der Waals surface area (Å²) in [6.07, 6.45) is 1.54. The van der Waals surface area contributed by atoms with Gasteiger partial charge in [0.05, 0.1) is 11.4 Å². The minimum absolute atomic E-state index is 0.243. The number of benzene rings is 1. The Bertz CT molecular complexity index is 1040. The molecule has 1 aromatic carbocycles. The van der Waals surface area contributed by atoms with Crippen LogP contribution in [0.25, 0.3) is 5.69 Å². The van der Waals surface area contributed by atoms with Gasteiger partial charge in [0.25, 0.3) is 11.5 Å². The van der Waals surface area contributed by atoms with Crippen LogP contribution in [0.3, 0.4) is 0 Å². The van der Waals surface area contributed by atoms with Crippen molar-refractivity contribution in [3.63, 3.8) is 0 Å². The van der Waals surface area contributed by atoms with Crippen LogP contribution in [-0.2, 0) is 12.5 Å². The van der Waals surface area contributed by atoms with Gasteiger partial charge in [0.15, 0.2) is 0 Å². The van der Waals surface area contributed by atoms with Gasteiger partial charge in [-0.25, -0.2) is 9.07 Å². The molecule has 2 heterocycles. The van der Waals surface area contributed by atoms with Crippen LogP contribution in [0.1, 0.15) is 36.8 Å². The second-order valence-electron chi connectivity index (χ2n) is 7.37. The molecule has 0 aliphatic carbocycles. The van der Waals surface area contributed by atoms with Crippen molar-refractivity contribution in [1.29, 1.82) is 0 Å². The zero-order valence-electron chi connectivity index (χ0n) is 15.7. The Hall–Kier alpha value is -3.22. The summed E-state index contributed by atoms with van der Waals surface area (Å²) in [6, 6.07) is 10.5. The Labute approximate surface area is 156 Å². The topological polar surface area (TPSA) is 68.9 Å². The van der Waals surface area contributed by atoms with Crippen molar-refractivity contribution >= 4 is 11.7 Å². The molecule has 3 rings (SSSR count). The second kappa shape index (κ2) is 6.83. The van der Waals surface area contributed by atoms with Crippen LogP contribution >= 0.6 is 0 Å². The molecule has 140 valence electrons. The van der Waals surface area contributed by atoms with Crippen molar-refractivity contribution in [3.8, 4) is 5.69 Å². The fourth-order valence-corrected chi connectivity index (χ4v) is 2.49. The normalized spacial score (nSPS) is 11.4. The average molecular weight is 368 g/mol. The SMILES string of the molecule is Cn1ccc(C(=O)Nc2cc(C(C)(C)C)nn2-c2ccc(F)cc2)cc1=O. The zero-order valence-corrected chi connectivity index (χ0v) is 15.7. The van der Waals surface area contributed by atoms with Gasteiger partial charge < -0.3 is 9.88 Å². The Morgan fingerprint density at radius 3 is 2.37 bits per heavy atom. The largest absolute Gasteiger partial charge is 0.319 e. The molecule has 0 saturated heterocycles. The van der Waals surface area contributed by atoms with Crippen molar-refractivity contribution in [2.75, 3.05) is 5.32 Å². The average Bonchev–Trinajstić information content (AvgIpc) is 3.02. The number of anilines is 1. The summed E-state index contributed by atoms with van der Waals surface area (Å²) >= 11 is 0. The molecule has 0 aliphatic rings. The Morgan fingerprint density at radius 1 is 1.11 bits per heavy atom. The maximum absolute atomic E-state index is 13.3. The van der Waals surface area contributed by atoms with Crippen molar-refractivity contribution < 1.29 is 9.18 Å². The fourth-order valence-electron chi connectivity index (χ4n) is 2.49. The summed E-state index contributed by atoms with van der Waals surface area (Å²) < 4.78 is 16.2. The standard InChI is InChI=1S/C20H21FN4O2/c1-20(2,3)16-12-17(25(23-16)15-7-5-14(21)6-8-15)22-19(27)13-9-10-24(4)18(26)11-13/h5-12H,1-4H3,(H,22,27). The van der Waals surface area contributed by atoms with Crippen LogP contribution in [-0.4, -0.2) is 20.3 Å². The molecule has 6 nitrogen and oxygen atoms in total. The van der Waals surface area contributed by atoms with E-state index in [1.807, 2.05) is 20.8 Å². The molecular weight excluding hydrogens is 347 g/mol. The van der Waals surface area contributed by atoms with Crippen molar-refractivity contribution in [3.05, 3.63) is 76.1 Å². The van der Waals surface area contributed by atoms with Crippen molar-refractivity contribution in [2.24, 2.45) is 7.05 Å². The third kappa shape index (κ3) is 3.97. The lowest BCUT2D eigenvalue weighted by atomic mass is 9.92. The van der Waals surface area contributed by atoms with E-state index in [2.05, 4.69) is 10.4 Å². The lowest BCUT2D eigenvalue weighted by Crippen LogP contribution is -2.21. The van der Waals surface area contributed by atoms with E-state index in [4.69, 9.17) is 0 Å². The molecule has 0 bridgehead atoms. The third-order valence-electron chi connectivity index (χ3n) is 4.16. The van der Waals surface area contributed by atoms with E-state index < -0.39 is 5.91 Å². The number of rotatable bonds is 3. The lowest BCUT2D eigenvalue weighted by Gasteiger charge is -2.14. The molecule has 27 heavy (non-hydrogen) atoms. The van der Waals surface area contributed by atoms with Gasteiger partial charge >= 0.3 is 0 Å². The number of carbonyl (C=O) groups is 1. The monoisotopic (exact) mass is 368 g/mol. The van der Waals surface area contributed by atoms with E-state index >= 15 is 0 Å². The first-order valence-corrected chi connectivity index (χ1v) is 8.50. The molecule has 0 unspecified atom stereocenters. The highest BCUT2D eigenvalue weighted by Gasteiger charge is 2.22. The maximum atomic E-state index is 13.3. The van der Waals surface area contributed by atoms with E-state index in [-0.39, 0.29) is 22.4 Å². The van der Waals surface area contributed by atoms with Gasteiger partial charge in [0.2, 0.25) is 0 Å². The first-order chi connectivity index (χ1) is 12.6. The van der Waals surface area contributed by atoms with Gasteiger partial charge in [-0.2, -0.15) is 5.10 Å². The number of aryl methyl sites for hydroxylation is 1. The number of hydrogen-bond donors (Lipinski definition) is 1. The second-order valence-corrected chi connectivity index (χ2v) is 7.37. The van der Waals surface area contributed by atoms with Crippen LogP contribution in [0.4, 0.5) is 10.2 Å². The molecule has 3 aromatic rings. The molecule has 1 amide bonds. The highest BCUT2D eigenvalue weighted by Crippen LogP contribution is 2.26. The van der Waals surface area contributed by atoms with Crippen LogP contribution in [0.15, 0.2) is 53.5 Å². The highest BCUT2D eigenvalue weighted by atomic mass is 19.1. The summed E-state index contributed by atoms with van der Waals surface area (Å²) in [5.41, 5.74) is 1.12. The summed E-state index contributed by atoms with van der Waals surface area (Å²) in [5, 5.41) is 7.37. The number of nitrogens with zero attached hydrogens (tertiary/aromatic N) is 3. The predicted molar refractivity (Wildman–Crippen MR) is 102 cm³/mol. The number of nitrogens with one attached hydrogen (secondary N) is 1. The summed E-state index contributed by atoms with van der Waals surface area (Å²) in [5.74, 6) is -0.332. The van der Waals surface area contributed by atoms with Crippen molar-refractivity contribution in [1.82, 2.24) is 14.3 Å². The van der Waals surface area contributed by atoms with E-state index in [1.165, 1.54) is 29.0 Å². The van der Waals surface area contributed by atoms with Gasteiger partial charge in [-0.1, -0.05) is 20.8 Å². The molecule has 0 radical (unpaired) electrons. The van der Waals surface area contributed by atoms with E-state index in [1.54, 1.807) is 36.0 Å². The predicted octanol–water partition coefficient (Wildman–Crippen LogP) is 3.26. The number of hydrogen-bond acceptors (Lipinski definition) is 3.